The van der Waals surface area contributed by atoms with E-state index in [1.165, 1.54) is 0 Å². The summed E-state index contributed by atoms with van der Waals surface area (Å²) in [6, 6.07) is 9.12. The number of benzene rings is 1. The minimum Gasteiger partial charge on any atom is -0.392 e. The molecule has 1 aromatic carbocycles. The molecule has 1 saturated carbocycles. The molecular formula is C20H28F3NO. The van der Waals surface area contributed by atoms with Crippen LogP contribution in [0.1, 0.15) is 63.9 Å². The summed E-state index contributed by atoms with van der Waals surface area (Å²) in [5.74, 6) is 0. The van der Waals surface area contributed by atoms with E-state index in [1.807, 2.05) is 37.3 Å². The van der Waals surface area contributed by atoms with Gasteiger partial charge in [0.2, 0.25) is 0 Å². The normalized spacial score (nSPS) is 34.4. The first-order valence-electron chi connectivity index (χ1n) is 9.46. The van der Waals surface area contributed by atoms with Gasteiger partial charge < -0.3 is 5.11 Å². The van der Waals surface area contributed by atoms with Gasteiger partial charge in [0.25, 0.3) is 0 Å². The molecular weight excluding hydrogens is 327 g/mol. The van der Waals surface area contributed by atoms with Gasteiger partial charge in [-0.3, -0.25) is 0 Å². The first-order valence-corrected chi connectivity index (χ1v) is 9.46. The highest BCUT2D eigenvalue weighted by Gasteiger charge is 2.65. The SMILES string of the molecule is CCCC1(c2ccccc2)N(C(F)(F)F)CCCC12CCCCC2O. The van der Waals surface area contributed by atoms with Crippen LogP contribution < -0.4 is 0 Å². The van der Waals surface area contributed by atoms with Crippen molar-refractivity contribution in [1.29, 1.82) is 0 Å². The number of aliphatic hydroxyl groups is 1. The van der Waals surface area contributed by atoms with Gasteiger partial charge >= 0.3 is 6.30 Å². The van der Waals surface area contributed by atoms with Crippen molar-refractivity contribution in [1.82, 2.24) is 4.90 Å². The fourth-order valence-corrected chi connectivity index (χ4v) is 5.60. The number of likely N-dealkylation sites (tertiary alicyclic amines) is 1. The van der Waals surface area contributed by atoms with E-state index in [2.05, 4.69) is 0 Å². The van der Waals surface area contributed by atoms with E-state index in [9.17, 15) is 18.3 Å². The monoisotopic (exact) mass is 355 g/mol. The van der Waals surface area contributed by atoms with E-state index in [1.54, 1.807) is 0 Å². The van der Waals surface area contributed by atoms with Crippen LogP contribution in [0, 0.1) is 5.41 Å². The molecule has 2 nitrogen and oxygen atoms in total. The molecule has 0 aromatic heterocycles. The fourth-order valence-electron chi connectivity index (χ4n) is 5.60. The topological polar surface area (TPSA) is 23.5 Å². The van der Waals surface area contributed by atoms with Crippen molar-refractivity contribution in [3.05, 3.63) is 35.9 Å². The van der Waals surface area contributed by atoms with E-state index in [0.29, 0.717) is 44.1 Å². The largest absolute Gasteiger partial charge is 0.460 e. The van der Waals surface area contributed by atoms with E-state index in [-0.39, 0.29) is 6.54 Å². The van der Waals surface area contributed by atoms with Gasteiger partial charge in [0, 0.05) is 12.0 Å². The highest BCUT2D eigenvalue weighted by atomic mass is 19.4. The van der Waals surface area contributed by atoms with Gasteiger partial charge in [-0.15, -0.1) is 0 Å². The summed E-state index contributed by atoms with van der Waals surface area (Å²) in [7, 11) is 0. The number of nitrogens with zero attached hydrogens (tertiary/aromatic N) is 1. The zero-order valence-corrected chi connectivity index (χ0v) is 14.9. The summed E-state index contributed by atoms with van der Waals surface area (Å²) in [5, 5.41) is 11.0. The number of hydrogen-bond acceptors (Lipinski definition) is 2. The van der Waals surface area contributed by atoms with Gasteiger partial charge in [0.15, 0.2) is 0 Å². The van der Waals surface area contributed by atoms with Crippen LogP contribution in [-0.2, 0) is 5.54 Å². The third-order valence-electron chi connectivity index (χ3n) is 6.45. The van der Waals surface area contributed by atoms with Crippen LogP contribution in [0.3, 0.4) is 0 Å². The molecule has 1 aliphatic carbocycles. The lowest BCUT2D eigenvalue weighted by atomic mass is 9.52. The van der Waals surface area contributed by atoms with Crippen LogP contribution in [-0.4, -0.2) is 29.0 Å². The maximum atomic E-state index is 14.2. The standard InChI is InChI=1S/C20H28F3NO/c1-2-12-19(16-9-4-3-5-10-16)18(13-7-6-11-17(18)25)14-8-15-24(19)20(21,22)23/h3-5,9-10,17,25H,2,6-8,11-15H2,1H3. The summed E-state index contributed by atoms with van der Waals surface area (Å²) in [4.78, 5) is 0.761. The minimum atomic E-state index is -4.41. The molecule has 2 fully saturated rings. The predicted molar refractivity (Wildman–Crippen MR) is 91.9 cm³/mol. The second-order valence-electron chi connectivity index (χ2n) is 7.62. The summed E-state index contributed by atoms with van der Waals surface area (Å²) < 4.78 is 42.5. The molecule has 3 unspecified atom stereocenters. The molecule has 0 amide bonds. The predicted octanol–water partition coefficient (Wildman–Crippen LogP) is 5.22. The molecule has 1 heterocycles. The number of hydrogen-bond donors (Lipinski definition) is 1. The van der Waals surface area contributed by atoms with Crippen LogP contribution in [0.5, 0.6) is 0 Å². The van der Waals surface area contributed by atoms with Crippen molar-refractivity contribution >= 4 is 0 Å². The molecule has 0 radical (unpaired) electrons. The summed E-state index contributed by atoms with van der Waals surface area (Å²) >= 11 is 0. The summed E-state index contributed by atoms with van der Waals surface area (Å²) in [5.41, 5.74) is -1.20. The van der Waals surface area contributed by atoms with Gasteiger partial charge in [-0.05, 0) is 37.7 Å². The van der Waals surface area contributed by atoms with E-state index in [4.69, 9.17) is 0 Å². The molecule has 1 saturated heterocycles. The molecule has 1 N–H and O–H groups in total. The van der Waals surface area contributed by atoms with E-state index < -0.39 is 23.4 Å². The first kappa shape index (κ1) is 18.7. The van der Waals surface area contributed by atoms with Gasteiger partial charge in [-0.2, -0.15) is 13.2 Å². The average Bonchev–Trinajstić information content (AvgIpc) is 2.59. The third-order valence-corrected chi connectivity index (χ3v) is 6.45. The Labute approximate surface area is 148 Å². The summed E-state index contributed by atoms with van der Waals surface area (Å²) in [6.07, 6.45) is 0.161. The molecule has 1 aromatic rings. The number of alkyl halides is 3. The molecule has 3 atom stereocenters. The molecule has 1 spiro atoms. The van der Waals surface area contributed by atoms with Crippen molar-refractivity contribution in [3.8, 4) is 0 Å². The highest BCUT2D eigenvalue weighted by Crippen LogP contribution is 2.62. The second-order valence-corrected chi connectivity index (χ2v) is 7.62. The molecule has 25 heavy (non-hydrogen) atoms. The maximum Gasteiger partial charge on any atom is 0.460 e. The quantitative estimate of drug-likeness (QED) is 0.752. The average molecular weight is 355 g/mol. The summed E-state index contributed by atoms with van der Waals surface area (Å²) in [6.45, 7) is 1.95. The first-order chi connectivity index (χ1) is 11.9. The highest BCUT2D eigenvalue weighted by molar-refractivity contribution is 5.31. The lowest BCUT2D eigenvalue weighted by Crippen LogP contribution is -2.68. The zero-order valence-electron chi connectivity index (χ0n) is 14.9. The van der Waals surface area contributed by atoms with Gasteiger partial charge in [-0.25, -0.2) is 4.90 Å². The smallest absolute Gasteiger partial charge is 0.392 e. The Morgan fingerprint density at radius 1 is 1.12 bits per heavy atom. The van der Waals surface area contributed by atoms with Crippen LogP contribution in [0.2, 0.25) is 0 Å². The van der Waals surface area contributed by atoms with Crippen LogP contribution in [0.4, 0.5) is 13.2 Å². The number of rotatable bonds is 3. The number of piperidine rings is 1. The zero-order chi connectivity index (χ0) is 18.1. The third kappa shape index (κ3) is 2.89. The van der Waals surface area contributed by atoms with Gasteiger partial charge in [-0.1, -0.05) is 56.5 Å². The Kier molecular flexibility index (Phi) is 5.18. The molecule has 2 aliphatic rings. The molecule has 1 aliphatic heterocycles. The van der Waals surface area contributed by atoms with Crippen molar-refractivity contribution in [2.75, 3.05) is 6.54 Å². The van der Waals surface area contributed by atoms with Crippen LogP contribution >= 0.6 is 0 Å². The van der Waals surface area contributed by atoms with Crippen molar-refractivity contribution in [3.63, 3.8) is 0 Å². The van der Waals surface area contributed by atoms with Crippen molar-refractivity contribution in [2.24, 2.45) is 5.41 Å². The second kappa shape index (κ2) is 6.92. The van der Waals surface area contributed by atoms with Crippen molar-refractivity contribution in [2.45, 2.75) is 76.2 Å². The van der Waals surface area contributed by atoms with Crippen LogP contribution in [0.25, 0.3) is 0 Å². The molecule has 5 heteroatoms. The van der Waals surface area contributed by atoms with E-state index >= 15 is 0 Å². The Balaban J connectivity index is 2.25. The maximum absolute atomic E-state index is 14.2. The molecule has 3 rings (SSSR count). The number of halogens is 3. The Morgan fingerprint density at radius 2 is 1.80 bits per heavy atom. The fraction of sp³-hybridized carbons (Fsp3) is 0.700. The number of aliphatic hydroxyl groups excluding tert-OH is 1. The van der Waals surface area contributed by atoms with Gasteiger partial charge in [0.05, 0.1) is 11.6 Å². The van der Waals surface area contributed by atoms with Gasteiger partial charge in [0.1, 0.15) is 0 Å². The van der Waals surface area contributed by atoms with Crippen molar-refractivity contribution < 1.29 is 18.3 Å². The lowest BCUT2D eigenvalue weighted by Gasteiger charge is -2.63. The lowest BCUT2D eigenvalue weighted by molar-refractivity contribution is -0.322. The van der Waals surface area contributed by atoms with E-state index in [0.717, 1.165) is 17.7 Å². The Morgan fingerprint density at radius 3 is 2.40 bits per heavy atom. The van der Waals surface area contributed by atoms with Crippen LogP contribution in [0.15, 0.2) is 30.3 Å². The Hall–Kier alpha value is -1.07. The minimum absolute atomic E-state index is 0.00681. The molecule has 140 valence electrons. The molecule has 0 bridgehead atoms. The Bertz CT molecular complexity index is 572.